The first-order valence-corrected chi connectivity index (χ1v) is 8.98. The zero-order valence-corrected chi connectivity index (χ0v) is 15.2. The number of hydrogen-bond acceptors (Lipinski definition) is 4. The maximum Gasteiger partial charge on any atom is 0.319 e. The molecule has 0 radical (unpaired) electrons. The molecule has 132 valence electrons. The molecule has 0 bridgehead atoms. The molecule has 5 nitrogen and oxygen atoms in total. The summed E-state index contributed by atoms with van der Waals surface area (Å²) < 4.78 is 2.09. The molecule has 3 rings (SSSR count). The molecule has 0 spiro atoms. The Bertz CT molecular complexity index is 825. The normalized spacial score (nSPS) is 10.2. The van der Waals surface area contributed by atoms with Crippen LogP contribution in [0.2, 0.25) is 0 Å². The number of aromatic nitrogens is 1. The van der Waals surface area contributed by atoms with E-state index in [1.54, 1.807) is 24.3 Å². The van der Waals surface area contributed by atoms with Gasteiger partial charge in [0.2, 0.25) is 0 Å². The summed E-state index contributed by atoms with van der Waals surface area (Å²) in [6.07, 6.45) is 3.41. The third-order valence-corrected chi connectivity index (χ3v) is 4.64. The van der Waals surface area contributed by atoms with Gasteiger partial charge >= 0.3 is 6.03 Å². The van der Waals surface area contributed by atoms with E-state index in [0.29, 0.717) is 6.54 Å². The Kier molecular flexibility index (Phi) is 6.11. The summed E-state index contributed by atoms with van der Waals surface area (Å²) in [7, 11) is 2.02. The second-order valence-electron chi connectivity index (χ2n) is 5.61. The zero-order valence-electron chi connectivity index (χ0n) is 14.4. The Hall–Kier alpha value is -2.99. The number of pyridine rings is 1. The number of carbonyl (C=O) groups is 1. The van der Waals surface area contributed by atoms with Gasteiger partial charge in [-0.1, -0.05) is 18.2 Å². The summed E-state index contributed by atoms with van der Waals surface area (Å²) in [5.74, 6) is 0. The molecule has 0 saturated carbocycles. The van der Waals surface area contributed by atoms with Crippen LogP contribution >= 0.6 is 11.9 Å². The molecule has 3 aromatic rings. The van der Waals surface area contributed by atoms with Crippen molar-refractivity contribution in [3.63, 3.8) is 0 Å². The summed E-state index contributed by atoms with van der Waals surface area (Å²) in [4.78, 5) is 17.1. The van der Waals surface area contributed by atoms with Gasteiger partial charge in [0.15, 0.2) is 0 Å². The van der Waals surface area contributed by atoms with Crippen molar-refractivity contribution in [2.24, 2.45) is 0 Å². The highest BCUT2D eigenvalue weighted by Gasteiger charge is 2.05. The van der Waals surface area contributed by atoms with Crippen LogP contribution in [-0.2, 0) is 6.54 Å². The molecular formula is C20H20N4OS. The van der Waals surface area contributed by atoms with Gasteiger partial charge in [0.1, 0.15) is 0 Å². The van der Waals surface area contributed by atoms with E-state index in [0.717, 1.165) is 16.9 Å². The molecule has 0 saturated heterocycles. The van der Waals surface area contributed by atoms with E-state index >= 15 is 0 Å². The van der Waals surface area contributed by atoms with Gasteiger partial charge in [-0.2, -0.15) is 0 Å². The number of nitrogens with one attached hydrogen (secondary N) is 2. The summed E-state index contributed by atoms with van der Waals surface area (Å²) in [5.41, 5.74) is 2.81. The van der Waals surface area contributed by atoms with Gasteiger partial charge < -0.3 is 14.9 Å². The first-order chi connectivity index (χ1) is 12.7. The van der Waals surface area contributed by atoms with Crippen molar-refractivity contribution >= 4 is 29.4 Å². The SMILES string of the molecule is CN(Sc1ccccc1)c1ccc(NC(=O)NCc2ccncc2)cc1. The van der Waals surface area contributed by atoms with E-state index < -0.39 is 0 Å². The van der Waals surface area contributed by atoms with Crippen molar-refractivity contribution in [1.82, 2.24) is 10.3 Å². The molecule has 26 heavy (non-hydrogen) atoms. The van der Waals surface area contributed by atoms with E-state index in [9.17, 15) is 4.79 Å². The minimum absolute atomic E-state index is 0.235. The van der Waals surface area contributed by atoms with Crippen LogP contribution in [0.5, 0.6) is 0 Å². The smallest absolute Gasteiger partial charge is 0.319 e. The largest absolute Gasteiger partial charge is 0.334 e. The second kappa shape index (κ2) is 8.92. The molecule has 0 aliphatic rings. The number of rotatable bonds is 6. The van der Waals surface area contributed by atoms with Crippen LogP contribution in [0.3, 0.4) is 0 Å². The molecule has 0 aliphatic carbocycles. The fourth-order valence-corrected chi connectivity index (χ4v) is 3.13. The average molecular weight is 364 g/mol. The number of hydrogen-bond donors (Lipinski definition) is 2. The monoisotopic (exact) mass is 364 g/mol. The van der Waals surface area contributed by atoms with E-state index in [1.165, 1.54) is 4.90 Å². The number of anilines is 2. The van der Waals surface area contributed by atoms with Gasteiger partial charge in [0, 0.05) is 42.3 Å². The maximum absolute atomic E-state index is 12.0. The topological polar surface area (TPSA) is 57.3 Å². The molecule has 2 amide bonds. The molecule has 1 heterocycles. The molecule has 0 fully saturated rings. The van der Waals surface area contributed by atoms with Gasteiger partial charge in [-0.15, -0.1) is 0 Å². The molecule has 2 aromatic carbocycles. The van der Waals surface area contributed by atoms with Crippen molar-refractivity contribution in [3.05, 3.63) is 84.7 Å². The fraction of sp³-hybridized carbons (Fsp3) is 0.100. The van der Waals surface area contributed by atoms with E-state index in [1.807, 2.05) is 61.6 Å². The fourth-order valence-electron chi connectivity index (χ4n) is 2.31. The quantitative estimate of drug-likeness (QED) is 0.630. The predicted molar refractivity (Wildman–Crippen MR) is 107 cm³/mol. The number of carbonyl (C=O) groups excluding carboxylic acids is 1. The van der Waals surface area contributed by atoms with Crippen LogP contribution in [-0.4, -0.2) is 18.1 Å². The van der Waals surface area contributed by atoms with E-state index in [2.05, 4.69) is 32.1 Å². The summed E-state index contributed by atoms with van der Waals surface area (Å²) in [6, 6.07) is 21.4. The Labute approximate surface area is 157 Å². The van der Waals surface area contributed by atoms with E-state index in [4.69, 9.17) is 0 Å². The van der Waals surface area contributed by atoms with Gasteiger partial charge in [-0.3, -0.25) is 4.98 Å². The van der Waals surface area contributed by atoms with Crippen molar-refractivity contribution in [1.29, 1.82) is 0 Å². The maximum atomic E-state index is 12.0. The second-order valence-corrected chi connectivity index (χ2v) is 6.81. The molecule has 0 aliphatic heterocycles. The summed E-state index contributed by atoms with van der Waals surface area (Å²) in [6.45, 7) is 0.461. The molecule has 0 unspecified atom stereocenters. The van der Waals surface area contributed by atoms with Crippen LogP contribution in [0.1, 0.15) is 5.56 Å². The van der Waals surface area contributed by atoms with E-state index in [-0.39, 0.29) is 6.03 Å². The number of urea groups is 1. The van der Waals surface area contributed by atoms with Crippen LogP contribution in [0.25, 0.3) is 0 Å². The number of nitrogens with zero attached hydrogens (tertiary/aromatic N) is 2. The molecule has 1 aromatic heterocycles. The van der Waals surface area contributed by atoms with Crippen LogP contribution < -0.4 is 14.9 Å². The number of amides is 2. The van der Waals surface area contributed by atoms with Gasteiger partial charge in [0.05, 0.1) is 0 Å². The van der Waals surface area contributed by atoms with Crippen LogP contribution in [0.15, 0.2) is 84.0 Å². The average Bonchev–Trinajstić information content (AvgIpc) is 2.68. The standard InChI is InChI=1S/C20H20N4OS/c1-24(26-19-5-3-2-4-6-19)18-9-7-17(8-10-18)23-20(25)22-15-16-11-13-21-14-12-16/h2-14H,15H2,1H3,(H2,22,23,25). The molecular weight excluding hydrogens is 344 g/mol. The Morgan fingerprint density at radius 3 is 2.38 bits per heavy atom. The molecule has 2 N–H and O–H groups in total. The third-order valence-electron chi connectivity index (χ3n) is 3.68. The minimum Gasteiger partial charge on any atom is -0.334 e. The summed E-state index contributed by atoms with van der Waals surface area (Å²) in [5, 5.41) is 5.66. The van der Waals surface area contributed by atoms with Gasteiger partial charge in [0.25, 0.3) is 0 Å². The lowest BCUT2D eigenvalue weighted by atomic mass is 10.2. The van der Waals surface area contributed by atoms with Crippen LogP contribution in [0, 0.1) is 0 Å². The Morgan fingerprint density at radius 1 is 1.00 bits per heavy atom. The lowest BCUT2D eigenvalue weighted by molar-refractivity contribution is 0.251. The van der Waals surface area contributed by atoms with Crippen molar-refractivity contribution in [2.45, 2.75) is 11.4 Å². The highest BCUT2D eigenvalue weighted by molar-refractivity contribution is 8.00. The number of benzene rings is 2. The lowest BCUT2D eigenvalue weighted by Crippen LogP contribution is -2.28. The summed E-state index contributed by atoms with van der Waals surface area (Å²) >= 11 is 1.65. The van der Waals surface area contributed by atoms with Crippen molar-refractivity contribution in [3.8, 4) is 0 Å². The minimum atomic E-state index is -0.235. The molecule has 6 heteroatoms. The highest BCUT2D eigenvalue weighted by atomic mass is 32.2. The molecule has 0 atom stereocenters. The van der Waals surface area contributed by atoms with Crippen molar-refractivity contribution in [2.75, 3.05) is 16.7 Å². The zero-order chi connectivity index (χ0) is 18.2. The first-order valence-electron chi connectivity index (χ1n) is 8.21. The predicted octanol–water partition coefficient (Wildman–Crippen LogP) is 4.55. The Morgan fingerprint density at radius 2 is 1.69 bits per heavy atom. The highest BCUT2D eigenvalue weighted by Crippen LogP contribution is 2.27. The first kappa shape index (κ1) is 17.8. The van der Waals surface area contributed by atoms with Crippen molar-refractivity contribution < 1.29 is 4.79 Å². The Balaban J connectivity index is 1.51. The third kappa shape index (κ3) is 5.26. The van der Waals surface area contributed by atoms with Crippen LogP contribution in [0.4, 0.5) is 16.2 Å². The lowest BCUT2D eigenvalue weighted by Gasteiger charge is -2.18. The van der Waals surface area contributed by atoms with Gasteiger partial charge in [-0.25, -0.2) is 4.79 Å². The van der Waals surface area contributed by atoms with Gasteiger partial charge in [-0.05, 0) is 66.0 Å².